The van der Waals surface area contributed by atoms with Crippen molar-refractivity contribution in [2.75, 3.05) is 58.2 Å². The largest absolute Gasteiger partial charge is 0.392 e. The third kappa shape index (κ3) is 10.2. The van der Waals surface area contributed by atoms with Crippen LogP contribution in [0.5, 0.6) is 0 Å². The molecule has 3 N–H and O–H groups in total. The molecule has 1 rings (SSSR count). The molecule has 0 aromatic heterocycles. The lowest BCUT2D eigenvalue weighted by molar-refractivity contribution is 0.0353. The monoisotopic (exact) mass is 353 g/mol. The quantitative estimate of drug-likeness (QED) is 0.473. The van der Waals surface area contributed by atoms with Gasteiger partial charge in [-0.25, -0.2) is 0 Å². The van der Waals surface area contributed by atoms with E-state index in [0.29, 0.717) is 32.7 Å². The fourth-order valence-electron chi connectivity index (χ4n) is 2.83. The van der Waals surface area contributed by atoms with E-state index >= 15 is 0 Å². The highest BCUT2D eigenvalue weighted by molar-refractivity contribution is 7.85. The molecule has 1 saturated heterocycles. The Morgan fingerprint density at radius 2 is 1.39 bits per heavy atom. The van der Waals surface area contributed by atoms with E-state index in [1.807, 2.05) is 0 Å². The fourth-order valence-corrected chi connectivity index (χ4v) is 3.33. The molecule has 2 atom stereocenters. The zero-order valence-corrected chi connectivity index (χ0v) is 15.0. The molecule has 9 heteroatoms. The minimum Gasteiger partial charge on any atom is -0.392 e. The molecule has 0 spiro atoms. The summed E-state index contributed by atoms with van der Waals surface area (Å²) in [5.74, 6) is -0.239. The van der Waals surface area contributed by atoms with E-state index in [1.54, 1.807) is 13.8 Å². The van der Waals surface area contributed by atoms with Gasteiger partial charge in [0.05, 0.1) is 24.6 Å². The normalized spacial score (nSPS) is 22.5. The van der Waals surface area contributed by atoms with Crippen LogP contribution < -0.4 is 0 Å². The van der Waals surface area contributed by atoms with Gasteiger partial charge in [-0.1, -0.05) is 0 Å². The van der Waals surface area contributed by atoms with Crippen LogP contribution in [0.4, 0.5) is 0 Å². The molecule has 23 heavy (non-hydrogen) atoms. The molecule has 2 unspecified atom stereocenters. The Bertz CT molecular complexity index is 430. The van der Waals surface area contributed by atoms with Gasteiger partial charge in [0.2, 0.25) is 0 Å². The van der Waals surface area contributed by atoms with Gasteiger partial charge < -0.3 is 10.2 Å². The Morgan fingerprint density at radius 3 is 1.91 bits per heavy atom. The van der Waals surface area contributed by atoms with Gasteiger partial charge in [0.25, 0.3) is 10.1 Å². The maximum Gasteiger partial charge on any atom is 0.264 e. The average molecular weight is 353 g/mol. The van der Waals surface area contributed by atoms with Gasteiger partial charge in [-0.2, -0.15) is 8.42 Å². The first-order chi connectivity index (χ1) is 10.7. The van der Waals surface area contributed by atoms with Crippen molar-refractivity contribution in [3.63, 3.8) is 0 Å². The summed E-state index contributed by atoms with van der Waals surface area (Å²) in [5.41, 5.74) is 0. The first-order valence-electron chi connectivity index (χ1n) is 8.14. The van der Waals surface area contributed by atoms with Crippen molar-refractivity contribution < 1.29 is 23.2 Å². The molecule has 8 nitrogen and oxygen atoms in total. The van der Waals surface area contributed by atoms with Crippen LogP contribution in [0.15, 0.2) is 0 Å². The molecule has 0 saturated carbocycles. The second-order valence-corrected chi connectivity index (χ2v) is 8.05. The minimum absolute atomic E-state index is 0.239. The molecule has 0 aromatic rings. The molecule has 0 aliphatic carbocycles. The lowest BCUT2D eigenvalue weighted by atomic mass is 10.3. The van der Waals surface area contributed by atoms with Crippen LogP contribution in [0.2, 0.25) is 0 Å². The van der Waals surface area contributed by atoms with Gasteiger partial charge in [0.15, 0.2) is 0 Å². The van der Waals surface area contributed by atoms with Gasteiger partial charge in [0.1, 0.15) is 0 Å². The number of hydrogen-bond donors (Lipinski definition) is 3. The smallest absolute Gasteiger partial charge is 0.264 e. The molecular formula is C14H31N3O5S. The number of nitrogens with zero attached hydrogens (tertiary/aromatic N) is 3. The Morgan fingerprint density at radius 1 is 0.913 bits per heavy atom. The molecule has 138 valence electrons. The van der Waals surface area contributed by atoms with E-state index < -0.39 is 22.3 Å². The third-order valence-corrected chi connectivity index (χ3v) is 4.59. The number of aliphatic hydroxyl groups is 2. The van der Waals surface area contributed by atoms with Crippen LogP contribution in [0.25, 0.3) is 0 Å². The highest BCUT2D eigenvalue weighted by atomic mass is 32.2. The summed E-state index contributed by atoms with van der Waals surface area (Å²) in [7, 11) is -3.92. The number of β-amino-alcohol motifs (C(OH)–C–C–N with tert-alkyl or cyclic N) is 2. The average Bonchev–Trinajstić information content (AvgIpc) is 2.36. The maximum absolute atomic E-state index is 10.8. The predicted molar refractivity (Wildman–Crippen MR) is 88.8 cm³/mol. The highest BCUT2D eigenvalue weighted by Crippen LogP contribution is 2.06. The SMILES string of the molecule is CC(O)CN1CCN(CCCS(=O)(=O)O)CN(CC(C)O)CC1. The Labute approximate surface area is 139 Å². The van der Waals surface area contributed by atoms with Gasteiger partial charge in [-0.3, -0.25) is 19.3 Å². The Kier molecular flexibility index (Phi) is 8.91. The van der Waals surface area contributed by atoms with E-state index in [1.165, 1.54) is 0 Å². The molecule has 1 aliphatic heterocycles. The summed E-state index contributed by atoms with van der Waals surface area (Å²) >= 11 is 0. The Balaban J connectivity index is 2.59. The van der Waals surface area contributed by atoms with Crippen molar-refractivity contribution in [2.45, 2.75) is 32.5 Å². The lowest BCUT2D eigenvalue weighted by Gasteiger charge is -2.37. The van der Waals surface area contributed by atoms with Crippen molar-refractivity contribution >= 4 is 10.1 Å². The molecule has 0 bridgehead atoms. The highest BCUT2D eigenvalue weighted by Gasteiger charge is 2.20. The van der Waals surface area contributed by atoms with Gasteiger partial charge >= 0.3 is 0 Å². The van der Waals surface area contributed by atoms with Crippen LogP contribution in [0.1, 0.15) is 20.3 Å². The van der Waals surface area contributed by atoms with Gasteiger partial charge in [-0.15, -0.1) is 0 Å². The van der Waals surface area contributed by atoms with Gasteiger partial charge in [-0.05, 0) is 20.3 Å². The standard InChI is InChI=1S/C14H31N3O5S/c1-13(18)10-15-5-7-16(4-3-9-23(20,21)22)12-17(8-6-15)11-14(2)19/h13-14,18-19H,3-12H2,1-2H3,(H,20,21,22). The molecule has 0 radical (unpaired) electrons. The second-order valence-electron chi connectivity index (χ2n) is 6.47. The van der Waals surface area contributed by atoms with Crippen molar-refractivity contribution in [1.29, 1.82) is 0 Å². The van der Waals surface area contributed by atoms with E-state index in [-0.39, 0.29) is 5.75 Å². The molecule has 1 fully saturated rings. The van der Waals surface area contributed by atoms with Crippen LogP contribution >= 0.6 is 0 Å². The summed E-state index contributed by atoms with van der Waals surface area (Å²) < 4.78 is 30.5. The van der Waals surface area contributed by atoms with Crippen molar-refractivity contribution in [3.05, 3.63) is 0 Å². The van der Waals surface area contributed by atoms with Crippen LogP contribution in [-0.2, 0) is 10.1 Å². The van der Waals surface area contributed by atoms with E-state index in [9.17, 15) is 18.6 Å². The van der Waals surface area contributed by atoms with Crippen molar-refractivity contribution in [3.8, 4) is 0 Å². The summed E-state index contributed by atoms with van der Waals surface area (Å²) in [4.78, 5) is 6.43. The predicted octanol–water partition coefficient (Wildman–Crippen LogP) is -1.10. The number of hydrogen-bond acceptors (Lipinski definition) is 7. The first kappa shape index (κ1) is 20.8. The summed E-state index contributed by atoms with van der Waals surface area (Å²) in [6.45, 7) is 9.07. The fraction of sp³-hybridized carbons (Fsp3) is 1.00. The van der Waals surface area contributed by atoms with Crippen molar-refractivity contribution in [1.82, 2.24) is 14.7 Å². The summed E-state index contributed by atoms with van der Waals surface area (Å²) in [5, 5.41) is 19.2. The third-order valence-electron chi connectivity index (χ3n) is 3.79. The topological polar surface area (TPSA) is 105 Å². The number of rotatable bonds is 8. The molecule has 1 heterocycles. The van der Waals surface area contributed by atoms with Crippen molar-refractivity contribution in [2.24, 2.45) is 0 Å². The molecule has 0 amide bonds. The van der Waals surface area contributed by atoms with Crippen LogP contribution in [-0.4, -0.2) is 108 Å². The maximum atomic E-state index is 10.8. The summed E-state index contributed by atoms with van der Waals surface area (Å²) in [6.07, 6.45) is -0.454. The van der Waals surface area contributed by atoms with E-state index in [4.69, 9.17) is 4.55 Å². The molecule has 0 aromatic carbocycles. The number of aliphatic hydroxyl groups excluding tert-OH is 2. The molecular weight excluding hydrogens is 322 g/mol. The van der Waals surface area contributed by atoms with Crippen LogP contribution in [0.3, 0.4) is 0 Å². The Hall–Kier alpha value is -0.290. The summed E-state index contributed by atoms with van der Waals surface area (Å²) in [6, 6.07) is 0. The zero-order valence-electron chi connectivity index (χ0n) is 14.1. The van der Waals surface area contributed by atoms with Gasteiger partial charge in [0, 0.05) is 45.8 Å². The van der Waals surface area contributed by atoms with E-state index in [0.717, 1.165) is 26.2 Å². The first-order valence-corrected chi connectivity index (χ1v) is 9.75. The lowest BCUT2D eigenvalue weighted by Crippen LogP contribution is -2.51. The zero-order chi connectivity index (χ0) is 17.5. The van der Waals surface area contributed by atoms with Crippen LogP contribution in [0, 0.1) is 0 Å². The molecule has 1 aliphatic rings. The van der Waals surface area contributed by atoms with E-state index in [2.05, 4.69) is 14.7 Å². The second kappa shape index (κ2) is 9.87. The minimum atomic E-state index is -3.92.